The molecule has 2 rings (SSSR count). The predicted molar refractivity (Wildman–Crippen MR) is 84.4 cm³/mol. The molecule has 0 unspecified atom stereocenters. The normalized spacial score (nSPS) is 14.9. The highest BCUT2D eigenvalue weighted by Crippen LogP contribution is 2.48. The molecule has 24 heavy (non-hydrogen) atoms. The van der Waals surface area contributed by atoms with Gasteiger partial charge in [-0.2, -0.15) is 0 Å². The van der Waals surface area contributed by atoms with E-state index in [1.165, 1.54) is 21.3 Å². The molecule has 0 bridgehead atoms. The zero-order chi connectivity index (χ0) is 17.9. The molecule has 1 aliphatic rings. The van der Waals surface area contributed by atoms with E-state index in [0.717, 1.165) is 11.1 Å². The van der Waals surface area contributed by atoms with Crippen molar-refractivity contribution in [3.8, 4) is 17.2 Å². The van der Waals surface area contributed by atoms with Gasteiger partial charge in [0.2, 0.25) is 5.75 Å². The molecule has 0 saturated carbocycles. The summed E-state index contributed by atoms with van der Waals surface area (Å²) in [4.78, 5) is 23.4. The topological polar surface area (TPSA) is 80.3 Å². The Morgan fingerprint density at radius 3 is 1.58 bits per heavy atom. The predicted octanol–water partition coefficient (Wildman–Crippen LogP) is 2.33. The third kappa shape index (κ3) is 2.98. The van der Waals surface area contributed by atoms with Crippen LogP contribution in [-0.2, 0) is 31.9 Å². The number of hydrogen-bond donors (Lipinski definition) is 0. The molecule has 7 heteroatoms. The summed E-state index contributed by atoms with van der Waals surface area (Å²) in [6, 6.07) is 0. The van der Waals surface area contributed by atoms with Crippen molar-refractivity contribution in [1.29, 1.82) is 0 Å². The van der Waals surface area contributed by atoms with Gasteiger partial charge in [0.25, 0.3) is 6.29 Å². The van der Waals surface area contributed by atoms with Gasteiger partial charge in [0, 0.05) is 16.7 Å². The van der Waals surface area contributed by atoms with Crippen LogP contribution < -0.4 is 14.2 Å². The number of cyclic esters (lactones) is 2. The molecule has 1 aromatic rings. The SMILES string of the molecule is CCc1c(OC)c(OC)c(OC)c(CC)c1C1OC(=O)CC(=O)O1. The van der Waals surface area contributed by atoms with Gasteiger partial charge in [-0.1, -0.05) is 13.8 Å². The molecular weight excluding hydrogens is 316 g/mol. The highest BCUT2D eigenvalue weighted by molar-refractivity contribution is 5.92. The summed E-state index contributed by atoms with van der Waals surface area (Å²) in [6.07, 6.45) is -0.365. The maximum atomic E-state index is 11.7. The van der Waals surface area contributed by atoms with Crippen molar-refractivity contribution >= 4 is 11.9 Å². The standard InChI is InChI=1S/C17H22O7/c1-6-9-13(17-23-11(18)8-12(19)24-17)10(7-2)15(21-4)16(22-5)14(9)20-3/h17H,6-8H2,1-5H3. The molecule has 7 nitrogen and oxygen atoms in total. The van der Waals surface area contributed by atoms with Crippen LogP contribution in [-0.4, -0.2) is 33.3 Å². The molecule has 1 aromatic carbocycles. The van der Waals surface area contributed by atoms with Gasteiger partial charge >= 0.3 is 11.9 Å². The first-order valence-corrected chi connectivity index (χ1v) is 7.74. The van der Waals surface area contributed by atoms with E-state index in [4.69, 9.17) is 23.7 Å². The van der Waals surface area contributed by atoms with Gasteiger partial charge in [-0.05, 0) is 12.8 Å². The fourth-order valence-corrected chi connectivity index (χ4v) is 2.99. The van der Waals surface area contributed by atoms with Crippen LogP contribution in [0.4, 0.5) is 0 Å². The molecule has 0 aromatic heterocycles. The molecule has 0 aliphatic carbocycles. The van der Waals surface area contributed by atoms with Crippen LogP contribution >= 0.6 is 0 Å². The molecule has 132 valence electrons. The van der Waals surface area contributed by atoms with Crippen LogP contribution in [0.2, 0.25) is 0 Å². The van der Waals surface area contributed by atoms with Crippen molar-refractivity contribution < 1.29 is 33.3 Å². The molecule has 0 atom stereocenters. The van der Waals surface area contributed by atoms with E-state index in [1.54, 1.807) is 0 Å². The van der Waals surface area contributed by atoms with Crippen molar-refractivity contribution in [1.82, 2.24) is 0 Å². The van der Waals surface area contributed by atoms with Gasteiger partial charge in [0.05, 0.1) is 21.3 Å². The molecule has 1 fully saturated rings. The number of methoxy groups -OCH3 is 3. The summed E-state index contributed by atoms with van der Waals surface area (Å²) >= 11 is 0. The average Bonchev–Trinajstić information content (AvgIpc) is 2.57. The first-order valence-electron chi connectivity index (χ1n) is 7.74. The van der Waals surface area contributed by atoms with Crippen molar-refractivity contribution in [3.63, 3.8) is 0 Å². The van der Waals surface area contributed by atoms with Crippen molar-refractivity contribution in [3.05, 3.63) is 16.7 Å². The molecule has 0 N–H and O–H groups in total. The maximum Gasteiger partial charge on any atom is 0.320 e. The summed E-state index contributed by atoms with van der Waals surface area (Å²) in [5.74, 6) is 0.178. The van der Waals surface area contributed by atoms with E-state index in [1.807, 2.05) is 13.8 Å². The Bertz CT molecular complexity index is 602. The summed E-state index contributed by atoms with van der Waals surface area (Å²) < 4.78 is 27.0. The Balaban J connectivity index is 2.76. The lowest BCUT2D eigenvalue weighted by molar-refractivity contribution is -0.205. The fourth-order valence-electron chi connectivity index (χ4n) is 2.99. The number of carbonyl (C=O) groups is 2. The van der Waals surface area contributed by atoms with E-state index in [0.29, 0.717) is 35.7 Å². The molecular formula is C17H22O7. The highest BCUT2D eigenvalue weighted by Gasteiger charge is 2.36. The Labute approximate surface area is 140 Å². The third-order valence-corrected chi connectivity index (χ3v) is 3.93. The van der Waals surface area contributed by atoms with E-state index in [-0.39, 0.29) is 6.42 Å². The molecule has 1 saturated heterocycles. The van der Waals surface area contributed by atoms with Gasteiger partial charge in [-0.15, -0.1) is 0 Å². The molecule has 0 amide bonds. The number of benzene rings is 1. The minimum Gasteiger partial charge on any atom is -0.492 e. The Kier molecular flexibility index (Phi) is 5.54. The van der Waals surface area contributed by atoms with Crippen LogP contribution in [0.15, 0.2) is 0 Å². The number of hydrogen-bond acceptors (Lipinski definition) is 7. The van der Waals surface area contributed by atoms with Gasteiger partial charge in [-0.3, -0.25) is 9.59 Å². The number of ether oxygens (including phenoxy) is 5. The van der Waals surface area contributed by atoms with Crippen LogP contribution in [0.25, 0.3) is 0 Å². The summed E-state index contributed by atoms with van der Waals surface area (Å²) in [7, 11) is 4.56. The quantitative estimate of drug-likeness (QED) is 0.581. The Morgan fingerprint density at radius 2 is 1.25 bits per heavy atom. The molecule has 0 radical (unpaired) electrons. The number of carbonyl (C=O) groups excluding carboxylic acids is 2. The zero-order valence-electron chi connectivity index (χ0n) is 14.6. The number of esters is 2. The second kappa shape index (κ2) is 7.42. The van der Waals surface area contributed by atoms with Crippen molar-refractivity contribution in [2.24, 2.45) is 0 Å². The van der Waals surface area contributed by atoms with Gasteiger partial charge < -0.3 is 23.7 Å². The van der Waals surface area contributed by atoms with E-state index >= 15 is 0 Å². The lowest BCUT2D eigenvalue weighted by Crippen LogP contribution is -2.28. The summed E-state index contributed by atoms with van der Waals surface area (Å²) in [5.41, 5.74) is 2.08. The third-order valence-electron chi connectivity index (χ3n) is 3.93. The highest BCUT2D eigenvalue weighted by atomic mass is 16.7. The Hall–Kier alpha value is -2.44. The van der Waals surface area contributed by atoms with Crippen LogP contribution in [0.3, 0.4) is 0 Å². The number of rotatable bonds is 6. The second-order valence-electron chi connectivity index (χ2n) is 5.17. The van der Waals surface area contributed by atoms with Crippen LogP contribution in [0.1, 0.15) is 43.2 Å². The second-order valence-corrected chi connectivity index (χ2v) is 5.17. The molecule has 0 spiro atoms. The zero-order valence-corrected chi connectivity index (χ0v) is 14.6. The first-order chi connectivity index (χ1) is 11.5. The minimum atomic E-state index is -1.11. The smallest absolute Gasteiger partial charge is 0.320 e. The summed E-state index contributed by atoms with van der Waals surface area (Å²) in [5, 5.41) is 0. The van der Waals surface area contributed by atoms with E-state index in [2.05, 4.69) is 0 Å². The minimum absolute atomic E-state index is 0.385. The maximum absolute atomic E-state index is 11.7. The van der Waals surface area contributed by atoms with Crippen molar-refractivity contribution in [2.45, 2.75) is 39.4 Å². The fraction of sp³-hybridized carbons (Fsp3) is 0.529. The van der Waals surface area contributed by atoms with Gasteiger partial charge in [0.1, 0.15) is 6.42 Å². The Morgan fingerprint density at radius 1 is 0.833 bits per heavy atom. The first kappa shape index (κ1) is 17.9. The van der Waals surface area contributed by atoms with E-state index in [9.17, 15) is 9.59 Å². The van der Waals surface area contributed by atoms with Gasteiger partial charge in [-0.25, -0.2) is 0 Å². The largest absolute Gasteiger partial charge is 0.492 e. The molecule has 1 heterocycles. The van der Waals surface area contributed by atoms with Gasteiger partial charge in [0.15, 0.2) is 11.5 Å². The molecule has 1 aliphatic heterocycles. The average molecular weight is 338 g/mol. The summed E-state index contributed by atoms with van der Waals surface area (Å²) in [6.45, 7) is 3.86. The van der Waals surface area contributed by atoms with Crippen LogP contribution in [0.5, 0.6) is 17.2 Å². The monoisotopic (exact) mass is 338 g/mol. The lowest BCUT2D eigenvalue weighted by Gasteiger charge is -2.29. The lowest BCUT2D eigenvalue weighted by atomic mass is 9.93. The van der Waals surface area contributed by atoms with E-state index < -0.39 is 18.2 Å². The van der Waals surface area contributed by atoms with Crippen LogP contribution in [0, 0.1) is 0 Å². The van der Waals surface area contributed by atoms with Crippen molar-refractivity contribution in [2.75, 3.05) is 21.3 Å².